The predicted octanol–water partition coefficient (Wildman–Crippen LogP) is 2.89. The van der Waals surface area contributed by atoms with Crippen LogP contribution < -0.4 is 14.8 Å². The van der Waals surface area contributed by atoms with Crippen LogP contribution in [-0.4, -0.2) is 54.0 Å². The topological polar surface area (TPSA) is 80.1 Å². The van der Waals surface area contributed by atoms with Crippen LogP contribution in [0.4, 0.5) is 4.79 Å². The van der Waals surface area contributed by atoms with Gasteiger partial charge in [-0.05, 0) is 36.8 Å². The molecule has 1 saturated heterocycles. The van der Waals surface area contributed by atoms with Crippen molar-refractivity contribution in [2.45, 2.75) is 20.0 Å². The lowest BCUT2D eigenvalue weighted by Gasteiger charge is -2.34. The van der Waals surface area contributed by atoms with E-state index in [0.717, 1.165) is 53.4 Å². The summed E-state index contributed by atoms with van der Waals surface area (Å²) >= 11 is 0. The van der Waals surface area contributed by atoms with Crippen molar-refractivity contribution < 1.29 is 18.8 Å². The van der Waals surface area contributed by atoms with Crippen LogP contribution in [0.1, 0.15) is 16.8 Å². The maximum Gasteiger partial charge on any atom is 0.317 e. The molecule has 2 amide bonds. The second kappa shape index (κ2) is 7.87. The number of aryl methyl sites for hydroxylation is 1. The predicted molar refractivity (Wildman–Crippen MR) is 110 cm³/mol. The van der Waals surface area contributed by atoms with Gasteiger partial charge in [-0.1, -0.05) is 22.9 Å². The van der Waals surface area contributed by atoms with E-state index < -0.39 is 0 Å². The average Bonchev–Trinajstić information content (AvgIpc) is 3.38. The zero-order valence-corrected chi connectivity index (χ0v) is 16.9. The summed E-state index contributed by atoms with van der Waals surface area (Å²) in [6.45, 7) is 6.53. The van der Waals surface area contributed by atoms with Gasteiger partial charge in [-0.2, -0.15) is 0 Å². The second-order valence-electron chi connectivity index (χ2n) is 7.74. The Labute approximate surface area is 174 Å². The lowest BCUT2D eigenvalue weighted by Crippen LogP contribution is -2.51. The number of carbonyl (C=O) groups excluding carboxylic acids is 1. The zero-order chi connectivity index (χ0) is 20.5. The molecule has 1 fully saturated rings. The Morgan fingerprint density at radius 2 is 1.90 bits per heavy atom. The molecule has 1 N–H and O–H groups in total. The van der Waals surface area contributed by atoms with Crippen LogP contribution in [0.15, 0.2) is 40.9 Å². The van der Waals surface area contributed by atoms with E-state index in [9.17, 15) is 4.79 Å². The molecule has 0 saturated carbocycles. The molecule has 156 valence electrons. The second-order valence-corrected chi connectivity index (χ2v) is 7.74. The molecule has 0 radical (unpaired) electrons. The lowest BCUT2D eigenvalue weighted by molar-refractivity contribution is 0.135. The molecule has 8 heteroatoms. The highest BCUT2D eigenvalue weighted by molar-refractivity contribution is 5.81. The molecule has 3 heterocycles. The zero-order valence-electron chi connectivity index (χ0n) is 16.9. The maximum atomic E-state index is 12.6. The van der Waals surface area contributed by atoms with Crippen molar-refractivity contribution in [1.29, 1.82) is 0 Å². The number of hydrogen-bond donors (Lipinski definition) is 1. The Bertz CT molecular complexity index is 1070. The number of urea groups is 1. The number of rotatable bonds is 4. The molecule has 0 bridgehead atoms. The summed E-state index contributed by atoms with van der Waals surface area (Å²) in [6.07, 6.45) is 0. The highest BCUT2D eigenvalue weighted by Crippen LogP contribution is 2.32. The largest absolute Gasteiger partial charge is 0.454 e. The maximum absolute atomic E-state index is 12.6. The number of ether oxygens (including phenoxy) is 2. The standard InChI is InChI=1S/C22H24N4O4/c1-15-2-4-19-17(10-15)18(24-30-19)12-23-22(27)26-8-6-25(7-9-26)13-16-3-5-20-21(11-16)29-14-28-20/h2-5,10-11H,6-9,12-14H2,1H3,(H,23,27). The van der Waals surface area contributed by atoms with Gasteiger partial charge in [0.15, 0.2) is 17.1 Å². The van der Waals surface area contributed by atoms with Crippen LogP contribution in [0.3, 0.4) is 0 Å². The molecular formula is C22H24N4O4. The molecule has 3 aromatic rings. The van der Waals surface area contributed by atoms with Gasteiger partial charge in [0.2, 0.25) is 6.79 Å². The molecule has 2 aliphatic rings. The van der Waals surface area contributed by atoms with Crippen molar-refractivity contribution in [3.05, 3.63) is 53.2 Å². The Morgan fingerprint density at radius 1 is 1.07 bits per heavy atom. The van der Waals surface area contributed by atoms with Gasteiger partial charge in [0.25, 0.3) is 0 Å². The molecule has 0 spiro atoms. The molecular weight excluding hydrogens is 384 g/mol. The Morgan fingerprint density at radius 3 is 2.77 bits per heavy atom. The fourth-order valence-electron chi connectivity index (χ4n) is 3.91. The number of carbonyl (C=O) groups is 1. The van der Waals surface area contributed by atoms with Crippen molar-refractivity contribution in [1.82, 2.24) is 20.3 Å². The summed E-state index contributed by atoms with van der Waals surface area (Å²) in [7, 11) is 0. The smallest absolute Gasteiger partial charge is 0.317 e. The van der Waals surface area contributed by atoms with Crippen molar-refractivity contribution in [2.75, 3.05) is 33.0 Å². The van der Waals surface area contributed by atoms with Crippen molar-refractivity contribution in [3.63, 3.8) is 0 Å². The van der Waals surface area contributed by atoms with Gasteiger partial charge in [-0.25, -0.2) is 4.79 Å². The first-order valence-electron chi connectivity index (χ1n) is 10.1. The van der Waals surface area contributed by atoms with E-state index >= 15 is 0 Å². The van der Waals surface area contributed by atoms with Gasteiger partial charge in [0.05, 0.1) is 6.54 Å². The van der Waals surface area contributed by atoms with E-state index in [4.69, 9.17) is 14.0 Å². The van der Waals surface area contributed by atoms with E-state index in [1.54, 1.807) is 0 Å². The monoisotopic (exact) mass is 408 g/mol. The summed E-state index contributed by atoms with van der Waals surface area (Å²) < 4.78 is 16.2. The van der Waals surface area contributed by atoms with Crippen molar-refractivity contribution in [2.24, 2.45) is 0 Å². The van der Waals surface area contributed by atoms with E-state index in [1.807, 2.05) is 42.2 Å². The number of nitrogens with one attached hydrogen (secondary N) is 1. The Hall–Kier alpha value is -3.26. The van der Waals surface area contributed by atoms with Crippen LogP contribution in [0.2, 0.25) is 0 Å². The molecule has 2 aromatic carbocycles. The first kappa shape index (κ1) is 18.7. The summed E-state index contributed by atoms with van der Waals surface area (Å²) in [6, 6.07) is 11.9. The number of piperazine rings is 1. The van der Waals surface area contributed by atoms with E-state index in [1.165, 1.54) is 5.56 Å². The minimum absolute atomic E-state index is 0.0680. The third-order valence-corrected chi connectivity index (χ3v) is 5.61. The highest BCUT2D eigenvalue weighted by Gasteiger charge is 2.22. The Balaban J connectivity index is 1.13. The van der Waals surface area contributed by atoms with Gasteiger partial charge in [-0.3, -0.25) is 4.90 Å². The normalized spacial score (nSPS) is 16.2. The molecule has 30 heavy (non-hydrogen) atoms. The number of fused-ring (bicyclic) bond motifs is 2. The average molecular weight is 408 g/mol. The third-order valence-electron chi connectivity index (χ3n) is 5.61. The van der Waals surface area contributed by atoms with Gasteiger partial charge in [0.1, 0.15) is 5.69 Å². The first-order chi connectivity index (χ1) is 14.7. The van der Waals surface area contributed by atoms with Crippen LogP contribution in [0.25, 0.3) is 11.0 Å². The fraction of sp³-hybridized carbons (Fsp3) is 0.364. The number of nitrogens with zero attached hydrogens (tertiary/aromatic N) is 3. The molecule has 0 aliphatic carbocycles. The van der Waals surface area contributed by atoms with Crippen LogP contribution in [-0.2, 0) is 13.1 Å². The highest BCUT2D eigenvalue weighted by atomic mass is 16.7. The molecule has 8 nitrogen and oxygen atoms in total. The number of hydrogen-bond acceptors (Lipinski definition) is 6. The van der Waals surface area contributed by atoms with Crippen LogP contribution >= 0.6 is 0 Å². The minimum Gasteiger partial charge on any atom is -0.454 e. The summed E-state index contributed by atoms with van der Waals surface area (Å²) in [4.78, 5) is 16.8. The molecule has 1 aromatic heterocycles. The number of aromatic nitrogens is 1. The molecule has 5 rings (SSSR count). The fourth-order valence-corrected chi connectivity index (χ4v) is 3.91. The van der Waals surface area contributed by atoms with Gasteiger partial charge < -0.3 is 24.2 Å². The first-order valence-corrected chi connectivity index (χ1v) is 10.1. The minimum atomic E-state index is -0.0680. The lowest BCUT2D eigenvalue weighted by atomic mass is 10.1. The SMILES string of the molecule is Cc1ccc2onc(CNC(=O)N3CCN(Cc4ccc5c(c4)OCO5)CC3)c2c1. The summed E-state index contributed by atoms with van der Waals surface area (Å²) in [5.74, 6) is 1.61. The van der Waals surface area contributed by atoms with E-state index in [-0.39, 0.29) is 12.8 Å². The number of benzene rings is 2. The Kier molecular flexibility index (Phi) is 4.92. The van der Waals surface area contributed by atoms with Gasteiger partial charge >= 0.3 is 6.03 Å². The van der Waals surface area contributed by atoms with Crippen LogP contribution in [0, 0.1) is 6.92 Å². The van der Waals surface area contributed by atoms with Crippen molar-refractivity contribution >= 4 is 17.0 Å². The molecule has 0 unspecified atom stereocenters. The summed E-state index contributed by atoms with van der Waals surface area (Å²) in [5.41, 5.74) is 3.81. The van der Waals surface area contributed by atoms with Crippen LogP contribution in [0.5, 0.6) is 11.5 Å². The van der Waals surface area contributed by atoms with Crippen molar-refractivity contribution in [3.8, 4) is 11.5 Å². The van der Waals surface area contributed by atoms with Gasteiger partial charge in [0, 0.05) is 38.1 Å². The van der Waals surface area contributed by atoms with E-state index in [2.05, 4.69) is 21.4 Å². The third kappa shape index (κ3) is 3.78. The quantitative estimate of drug-likeness (QED) is 0.715. The van der Waals surface area contributed by atoms with E-state index in [0.29, 0.717) is 19.6 Å². The van der Waals surface area contributed by atoms with Gasteiger partial charge in [-0.15, -0.1) is 0 Å². The molecule has 2 aliphatic heterocycles. The molecule has 0 atom stereocenters. The number of amides is 2. The summed E-state index contributed by atoms with van der Waals surface area (Å²) in [5, 5.41) is 8.02.